The summed E-state index contributed by atoms with van der Waals surface area (Å²) >= 11 is 0. The smallest absolute Gasteiger partial charge is 0.271 e. The molecule has 1 saturated heterocycles. The second kappa shape index (κ2) is 8.57. The fraction of sp³-hybridized carbons (Fsp3) is 0.421. The molecule has 0 aromatic carbocycles. The Bertz CT molecular complexity index is 792. The molecule has 3 heterocycles. The molecule has 1 aliphatic heterocycles. The van der Waals surface area contributed by atoms with E-state index in [4.69, 9.17) is 4.74 Å². The van der Waals surface area contributed by atoms with Crippen molar-refractivity contribution in [3.63, 3.8) is 0 Å². The third kappa shape index (κ3) is 4.78. The van der Waals surface area contributed by atoms with Crippen LogP contribution in [0.3, 0.4) is 0 Å². The number of carbonyl (C=O) groups excluding carboxylic acids is 2. The van der Waals surface area contributed by atoms with Crippen LogP contribution in [0.4, 0.5) is 0 Å². The maximum atomic E-state index is 12.7. The first-order chi connectivity index (χ1) is 13.1. The number of nitrogens with one attached hydrogen (secondary N) is 1. The number of methoxy groups -OCH3 is 1. The molecule has 1 atom stereocenters. The molecule has 1 unspecified atom stereocenters. The van der Waals surface area contributed by atoms with Gasteiger partial charge in [0.2, 0.25) is 5.88 Å². The first-order valence-corrected chi connectivity index (χ1v) is 8.95. The molecule has 0 spiro atoms. The summed E-state index contributed by atoms with van der Waals surface area (Å²) in [7, 11) is 1.54. The lowest BCUT2D eigenvalue weighted by Crippen LogP contribution is -2.37. The zero-order chi connectivity index (χ0) is 19.2. The van der Waals surface area contributed by atoms with Crippen LogP contribution >= 0.6 is 0 Å². The number of aryl methyl sites for hydroxylation is 1. The van der Waals surface area contributed by atoms with Crippen LogP contribution in [0.25, 0.3) is 0 Å². The summed E-state index contributed by atoms with van der Waals surface area (Å²) in [5.41, 5.74) is 1.61. The maximum absolute atomic E-state index is 12.7. The van der Waals surface area contributed by atoms with E-state index in [1.165, 1.54) is 19.5 Å². The normalized spacial score (nSPS) is 17.1. The van der Waals surface area contributed by atoms with Gasteiger partial charge in [0.15, 0.2) is 0 Å². The van der Waals surface area contributed by atoms with E-state index in [1.54, 1.807) is 23.2 Å². The SMILES string of the molecule is COc1ccc(C(=O)N2CCCC(NC(=O)c3cnc(C)cn3)CC2)cn1. The van der Waals surface area contributed by atoms with Gasteiger partial charge in [0, 0.05) is 37.6 Å². The van der Waals surface area contributed by atoms with E-state index in [1.807, 2.05) is 6.92 Å². The van der Waals surface area contributed by atoms with Gasteiger partial charge in [0.25, 0.3) is 11.8 Å². The van der Waals surface area contributed by atoms with Crippen molar-refractivity contribution in [2.24, 2.45) is 0 Å². The minimum atomic E-state index is -0.230. The number of rotatable bonds is 4. The number of pyridine rings is 1. The van der Waals surface area contributed by atoms with Gasteiger partial charge in [-0.25, -0.2) is 9.97 Å². The third-order valence-corrected chi connectivity index (χ3v) is 4.56. The molecule has 142 valence electrons. The number of hydrogen-bond donors (Lipinski definition) is 1. The van der Waals surface area contributed by atoms with E-state index in [9.17, 15) is 9.59 Å². The van der Waals surface area contributed by atoms with Crippen LogP contribution in [0, 0.1) is 6.92 Å². The quantitative estimate of drug-likeness (QED) is 0.879. The number of likely N-dealkylation sites (tertiary alicyclic amines) is 1. The molecule has 3 rings (SSSR count). The molecule has 1 aliphatic rings. The highest BCUT2D eigenvalue weighted by molar-refractivity contribution is 5.94. The van der Waals surface area contributed by atoms with Gasteiger partial charge in [-0.05, 0) is 32.3 Å². The molecule has 8 nitrogen and oxygen atoms in total. The number of ether oxygens (including phenoxy) is 1. The van der Waals surface area contributed by atoms with E-state index < -0.39 is 0 Å². The number of amides is 2. The molecular weight excluding hydrogens is 346 g/mol. The van der Waals surface area contributed by atoms with Crippen LogP contribution < -0.4 is 10.1 Å². The van der Waals surface area contributed by atoms with Gasteiger partial charge in [-0.2, -0.15) is 0 Å². The van der Waals surface area contributed by atoms with Crippen molar-refractivity contribution in [1.82, 2.24) is 25.2 Å². The first-order valence-electron chi connectivity index (χ1n) is 8.95. The molecule has 2 aromatic heterocycles. The largest absolute Gasteiger partial charge is 0.481 e. The van der Waals surface area contributed by atoms with E-state index in [-0.39, 0.29) is 17.9 Å². The minimum Gasteiger partial charge on any atom is -0.481 e. The number of aromatic nitrogens is 3. The Kier molecular flexibility index (Phi) is 5.95. The monoisotopic (exact) mass is 369 g/mol. The Morgan fingerprint density at radius 2 is 1.96 bits per heavy atom. The summed E-state index contributed by atoms with van der Waals surface area (Å²) in [6.45, 7) is 3.06. The van der Waals surface area contributed by atoms with Crippen molar-refractivity contribution in [3.8, 4) is 5.88 Å². The van der Waals surface area contributed by atoms with Crippen molar-refractivity contribution >= 4 is 11.8 Å². The third-order valence-electron chi connectivity index (χ3n) is 4.56. The molecule has 8 heteroatoms. The number of nitrogens with zero attached hydrogens (tertiary/aromatic N) is 4. The highest BCUT2D eigenvalue weighted by Crippen LogP contribution is 2.15. The van der Waals surface area contributed by atoms with Gasteiger partial charge in [-0.3, -0.25) is 14.6 Å². The van der Waals surface area contributed by atoms with Crippen LogP contribution in [0.15, 0.2) is 30.7 Å². The molecule has 0 radical (unpaired) electrons. The average molecular weight is 369 g/mol. The Hall–Kier alpha value is -3.03. The summed E-state index contributed by atoms with van der Waals surface area (Å²) in [5, 5.41) is 3.00. The predicted molar refractivity (Wildman–Crippen MR) is 98.6 cm³/mol. The second-order valence-corrected chi connectivity index (χ2v) is 6.53. The molecule has 27 heavy (non-hydrogen) atoms. The Labute approximate surface area is 158 Å². The molecule has 2 aromatic rings. The van der Waals surface area contributed by atoms with E-state index in [0.29, 0.717) is 36.6 Å². The van der Waals surface area contributed by atoms with Gasteiger partial charge in [0.1, 0.15) is 5.69 Å². The standard InChI is InChI=1S/C19H23N5O3/c1-13-10-21-16(12-20-13)18(25)23-15-4-3-8-24(9-7-15)19(26)14-5-6-17(27-2)22-11-14/h5-6,10-12,15H,3-4,7-9H2,1-2H3,(H,23,25). The lowest BCUT2D eigenvalue weighted by molar-refractivity contribution is 0.0760. The lowest BCUT2D eigenvalue weighted by atomic mass is 10.1. The zero-order valence-electron chi connectivity index (χ0n) is 15.5. The molecule has 1 N–H and O–H groups in total. The summed E-state index contributed by atoms with van der Waals surface area (Å²) in [6.07, 6.45) is 6.91. The molecular formula is C19H23N5O3. The van der Waals surface area contributed by atoms with Gasteiger partial charge < -0.3 is 15.0 Å². The first kappa shape index (κ1) is 18.8. The van der Waals surface area contributed by atoms with Crippen LogP contribution in [0.1, 0.15) is 45.8 Å². The van der Waals surface area contributed by atoms with E-state index in [2.05, 4.69) is 20.3 Å². The van der Waals surface area contributed by atoms with Gasteiger partial charge in [-0.15, -0.1) is 0 Å². The summed E-state index contributed by atoms with van der Waals surface area (Å²) < 4.78 is 5.02. The lowest BCUT2D eigenvalue weighted by Gasteiger charge is -2.21. The van der Waals surface area contributed by atoms with E-state index >= 15 is 0 Å². The highest BCUT2D eigenvalue weighted by Gasteiger charge is 2.23. The number of hydrogen-bond acceptors (Lipinski definition) is 6. The zero-order valence-corrected chi connectivity index (χ0v) is 15.5. The Balaban J connectivity index is 1.57. The van der Waals surface area contributed by atoms with Crippen molar-refractivity contribution in [1.29, 1.82) is 0 Å². The van der Waals surface area contributed by atoms with E-state index in [0.717, 1.165) is 18.5 Å². The molecule has 1 fully saturated rings. The van der Waals surface area contributed by atoms with Crippen molar-refractivity contribution in [3.05, 3.63) is 47.7 Å². The fourth-order valence-electron chi connectivity index (χ4n) is 3.02. The summed E-state index contributed by atoms with van der Waals surface area (Å²) in [6, 6.07) is 3.40. The summed E-state index contributed by atoms with van der Waals surface area (Å²) in [4.78, 5) is 39.1. The molecule has 2 amide bonds. The predicted octanol–water partition coefficient (Wildman–Crippen LogP) is 1.61. The number of carbonyl (C=O) groups is 2. The Morgan fingerprint density at radius 3 is 2.63 bits per heavy atom. The van der Waals surface area contributed by atoms with Crippen molar-refractivity contribution in [2.45, 2.75) is 32.2 Å². The van der Waals surface area contributed by atoms with Gasteiger partial charge in [-0.1, -0.05) is 0 Å². The van der Waals surface area contributed by atoms with Crippen molar-refractivity contribution < 1.29 is 14.3 Å². The molecule has 0 saturated carbocycles. The van der Waals surface area contributed by atoms with Crippen LogP contribution in [0.5, 0.6) is 5.88 Å². The highest BCUT2D eigenvalue weighted by atomic mass is 16.5. The van der Waals surface area contributed by atoms with Crippen LogP contribution in [-0.2, 0) is 0 Å². The van der Waals surface area contributed by atoms with Crippen molar-refractivity contribution in [2.75, 3.05) is 20.2 Å². The molecule has 0 aliphatic carbocycles. The topological polar surface area (TPSA) is 97.3 Å². The summed E-state index contributed by atoms with van der Waals surface area (Å²) in [5.74, 6) is 0.192. The fourth-order valence-corrected chi connectivity index (χ4v) is 3.02. The van der Waals surface area contributed by atoms with Crippen LogP contribution in [0.2, 0.25) is 0 Å². The van der Waals surface area contributed by atoms with Crippen LogP contribution in [-0.4, -0.2) is 57.9 Å². The van der Waals surface area contributed by atoms with Gasteiger partial charge >= 0.3 is 0 Å². The second-order valence-electron chi connectivity index (χ2n) is 6.53. The molecule has 0 bridgehead atoms. The average Bonchev–Trinajstić information content (AvgIpc) is 2.93. The minimum absolute atomic E-state index is 0.00685. The van der Waals surface area contributed by atoms with Gasteiger partial charge in [0.05, 0.1) is 24.6 Å². The maximum Gasteiger partial charge on any atom is 0.271 e. The Morgan fingerprint density at radius 1 is 1.11 bits per heavy atom.